The molecule has 0 amide bonds. The molecule has 0 bridgehead atoms. The molecule has 0 spiro atoms. The van der Waals surface area contributed by atoms with E-state index >= 15 is 0 Å². The fraction of sp³-hybridized carbons (Fsp3) is 0.156. The lowest BCUT2D eigenvalue weighted by molar-refractivity contribution is -0.384. The lowest BCUT2D eigenvalue weighted by Crippen LogP contribution is -2.28. The van der Waals surface area contributed by atoms with Gasteiger partial charge in [0.1, 0.15) is 12.4 Å². The summed E-state index contributed by atoms with van der Waals surface area (Å²) in [5.74, 6) is 1.57. The summed E-state index contributed by atoms with van der Waals surface area (Å²) < 4.78 is 6.00. The zero-order valence-electron chi connectivity index (χ0n) is 21.0. The van der Waals surface area contributed by atoms with Crippen LogP contribution in [-0.4, -0.2) is 11.1 Å². The number of benzene rings is 4. The number of nitro benzene ring substituents is 1. The Balaban J connectivity index is 1.17. The fourth-order valence-corrected chi connectivity index (χ4v) is 5.59. The summed E-state index contributed by atoms with van der Waals surface area (Å²) in [5, 5.41) is 15.2. The third-order valence-electron chi connectivity index (χ3n) is 7.39. The Morgan fingerprint density at radius 1 is 1.03 bits per heavy atom. The van der Waals surface area contributed by atoms with Crippen LogP contribution in [0.2, 0.25) is 5.02 Å². The average Bonchev–Trinajstić information content (AvgIpc) is 3.46. The van der Waals surface area contributed by atoms with Crippen LogP contribution in [0.4, 0.5) is 17.1 Å². The predicted molar refractivity (Wildman–Crippen MR) is 155 cm³/mol. The van der Waals surface area contributed by atoms with Crippen molar-refractivity contribution >= 4 is 34.9 Å². The molecule has 2 aliphatic rings. The third kappa shape index (κ3) is 5.29. The molecule has 0 saturated carbocycles. The molecule has 7 heteroatoms. The lowest BCUT2D eigenvalue weighted by atomic mass is 9.77. The van der Waals surface area contributed by atoms with Gasteiger partial charge in [-0.3, -0.25) is 15.1 Å². The van der Waals surface area contributed by atoms with Crippen LogP contribution in [0.25, 0.3) is 0 Å². The Kier molecular flexibility index (Phi) is 6.86. The maximum atomic E-state index is 10.9. The number of nitrogens with one attached hydrogen (secondary N) is 1. The summed E-state index contributed by atoms with van der Waals surface area (Å²) in [7, 11) is 0. The first-order chi connectivity index (χ1) is 19.0. The summed E-state index contributed by atoms with van der Waals surface area (Å²) in [4.78, 5) is 15.1. The van der Waals surface area contributed by atoms with Crippen LogP contribution in [0.3, 0.4) is 0 Å². The molecular formula is C32H26ClN3O3. The molecule has 1 aliphatic heterocycles. The monoisotopic (exact) mass is 535 g/mol. The summed E-state index contributed by atoms with van der Waals surface area (Å²) in [6.07, 6.45) is 7.46. The third-order valence-corrected chi connectivity index (χ3v) is 7.63. The van der Waals surface area contributed by atoms with Crippen LogP contribution in [-0.2, 0) is 6.61 Å². The molecule has 0 aromatic heterocycles. The van der Waals surface area contributed by atoms with E-state index in [4.69, 9.17) is 16.3 Å². The smallest absolute Gasteiger partial charge is 0.269 e. The van der Waals surface area contributed by atoms with Gasteiger partial charge < -0.3 is 10.1 Å². The summed E-state index contributed by atoms with van der Waals surface area (Å²) in [6.45, 7) is 0.268. The number of aliphatic imine (C=N–C) groups is 1. The van der Waals surface area contributed by atoms with Crippen molar-refractivity contribution in [2.24, 2.45) is 10.9 Å². The quantitative estimate of drug-likeness (QED) is 0.111. The minimum absolute atomic E-state index is 0.0490. The number of non-ortho nitro benzene ring substituents is 1. The molecule has 0 fully saturated rings. The Morgan fingerprint density at radius 3 is 2.62 bits per heavy atom. The first kappa shape index (κ1) is 24.9. The molecule has 1 heterocycles. The van der Waals surface area contributed by atoms with Gasteiger partial charge in [0, 0.05) is 40.5 Å². The van der Waals surface area contributed by atoms with E-state index in [2.05, 4.69) is 58.9 Å². The van der Waals surface area contributed by atoms with Crippen molar-refractivity contribution in [3.05, 3.63) is 141 Å². The summed E-state index contributed by atoms with van der Waals surface area (Å²) in [5.41, 5.74) is 6.29. The van der Waals surface area contributed by atoms with Gasteiger partial charge in [-0.1, -0.05) is 54.1 Å². The van der Waals surface area contributed by atoms with Gasteiger partial charge >= 0.3 is 0 Å². The fourth-order valence-electron chi connectivity index (χ4n) is 5.41. The number of fused-ring (bicyclic) bond motifs is 3. The second kappa shape index (κ2) is 10.8. The van der Waals surface area contributed by atoms with Gasteiger partial charge in [0.25, 0.3) is 5.69 Å². The number of halogens is 1. The second-order valence-corrected chi connectivity index (χ2v) is 10.2. The van der Waals surface area contributed by atoms with Gasteiger partial charge in [-0.05, 0) is 77.6 Å². The van der Waals surface area contributed by atoms with Crippen LogP contribution >= 0.6 is 11.6 Å². The molecule has 1 N–H and O–H groups in total. The van der Waals surface area contributed by atoms with Crippen molar-refractivity contribution in [2.75, 3.05) is 5.32 Å². The number of ether oxygens (including phenoxy) is 1. The average molecular weight is 536 g/mol. The highest BCUT2D eigenvalue weighted by Crippen LogP contribution is 2.49. The molecule has 3 atom stereocenters. The Bertz CT molecular complexity index is 1560. The van der Waals surface area contributed by atoms with Crippen LogP contribution in [0.15, 0.2) is 108 Å². The van der Waals surface area contributed by atoms with E-state index in [0.29, 0.717) is 22.6 Å². The largest absolute Gasteiger partial charge is 0.488 e. The number of hydrogen-bond acceptors (Lipinski definition) is 5. The van der Waals surface area contributed by atoms with Crippen molar-refractivity contribution in [2.45, 2.75) is 25.0 Å². The van der Waals surface area contributed by atoms with E-state index in [1.807, 2.05) is 12.1 Å². The van der Waals surface area contributed by atoms with Gasteiger partial charge in [-0.25, -0.2) is 0 Å². The van der Waals surface area contributed by atoms with Crippen molar-refractivity contribution < 1.29 is 9.66 Å². The number of hydrogen-bond donors (Lipinski definition) is 1. The minimum atomic E-state index is -0.418. The highest BCUT2D eigenvalue weighted by atomic mass is 35.5. The van der Waals surface area contributed by atoms with E-state index in [-0.39, 0.29) is 18.3 Å². The zero-order valence-corrected chi connectivity index (χ0v) is 21.8. The minimum Gasteiger partial charge on any atom is -0.488 e. The Hall–Kier alpha value is -4.42. The van der Waals surface area contributed by atoms with E-state index in [1.165, 1.54) is 28.9 Å². The molecule has 39 heavy (non-hydrogen) atoms. The van der Waals surface area contributed by atoms with Gasteiger partial charge in [0.05, 0.1) is 16.7 Å². The van der Waals surface area contributed by atoms with Crippen LogP contribution < -0.4 is 10.1 Å². The number of nitro groups is 1. The predicted octanol–water partition coefficient (Wildman–Crippen LogP) is 8.40. The maximum Gasteiger partial charge on any atom is 0.269 e. The molecule has 4 aromatic rings. The highest BCUT2D eigenvalue weighted by molar-refractivity contribution is 6.30. The van der Waals surface area contributed by atoms with Gasteiger partial charge in [0.2, 0.25) is 0 Å². The summed E-state index contributed by atoms with van der Waals surface area (Å²) in [6, 6.07) is 28.9. The molecule has 6 rings (SSSR count). The molecule has 6 nitrogen and oxygen atoms in total. The first-order valence-electron chi connectivity index (χ1n) is 12.9. The Morgan fingerprint density at radius 2 is 1.82 bits per heavy atom. The van der Waals surface area contributed by atoms with E-state index in [9.17, 15) is 10.1 Å². The van der Waals surface area contributed by atoms with Crippen molar-refractivity contribution in [3.8, 4) is 5.75 Å². The number of anilines is 1. The standard InChI is InChI=1S/C32H26ClN3O3/c33-24-12-17-31(39-20-21-8-15-26(16-9-21)36(37)38)23(18-24)19-34-25-13-10-22(11-14-25)32-29-6-3-5-27(29)28-4-1-2-7-30(28)35-32/h1-5,7-19,27,29,32,35H,6,20H2/t27-,29+,32+/m1/s1. The topological polar surface area (TPSA) is 76.8 Å². The van der Waals surface area contributed by atoms with Crippen LogP contribution in [0, 0.1) is 16.0 Å². The molecule has 1 aliphatic carbocycles. The zero-order chi connectivity index (χ0) is 26.8. The van der Waals surface area contributed by atoms with E-state index in [1.54, 1.807) is 36.5 Å². The van der Waals surface area contributed by atoms with E-state index < -0.39 is 4.92 Å². The normalized spacial score (nSPS) is 19.4. The maximum absolute atomic E-state index is 10.9. The summed E-state index contributed by atoms with van der Waals surface area (Å²) >= 11 is 6.26. The number of rotatable bonds is 7. The van der Waals surface area contributed by atoms with Crippen molar-refractivity contribution in [1.29, 1.82) is 0 Å². The van der Waals surface area contributed by atoms with Crippen molar-refractivity contribution in [1.82, 2.24) is 0 Å². The molecular weight excluding hydrogens is 510 g/mol. The second-order valence-electron chi connectivity index (χ2n) is 9.81. The number of nitrogens with zero attached hydrogens (tertiary/aromatic N) is 2. The highest BCUT2D eigenvalue weighted by Gasteiger charge is 2.37. The van der Waals surface area contributed by atoms with Crippen molar-refractivity contribution in [3.63, 3.8) is 0 Å². The Labute approximate surface area is 231 Å². The van der Waals surface area contributed by atoms with Gasteiger partial charge in [0.15, 0.2) is 0 Å². The molecule has 0 saturated heterocycles. The molecule has 0 radical (unpaired) electrons. The van der Waals surface area contributed by atoms with Gasteiger partial charge in [-0.15, -0.1) is 0 Å². The molecule has 4 aromatic carbocycles. The van der Waals surface area contributed by atoms with Crippen LogP contribution in [0.5, 0.6) is 5.75 Å². The van der Waals surface area contributed by atoms with E-state index in [0.717, 1.165) is 23.2 Å². The number of allylic oxidation sites excluding steroid dienone is 2. The SMILES string of the molecule is O=[N+]([O-])c1ccc(COc2ccc(Cl)cc2C=Nc2ccc([C@@H]3Nc4ccccc4[C@H]4C=CC[C@@H]43)cc2)cc1. The molecule has 194 valence electrons. The first-order valence-corrected chi connectivity index (χ1v) is 13.2. The number of para-hydroxylation sites is 1. The molecule has 0 unspecified atom stereocenters. The van der Waals surface area contributed by atoms with Gasteiger partial charge in [-0.2, -0.15) is 0 Å². The van der Waals surface area contributed by atoms with Crippen LogP contribution in [0.1, 0.15) is 40.6 Å². The lowest BCUT2D eigenvalue weighted by Gasteiger charge is -2.37.